The van der Waals surface area contributed by atoms with E-state index in [0.29, 0.717) is 25.2 Å². The van der Waals surface area contributed by atoms with Crippen LogP contribution < -0.4 is 64.7 Å². The Bertz CT molecular complexity index is 729. The fourth-order valence-electron chi connectivity index (χ4n) is 5.93. The van der Waals surface area contributed by atoms with Crippen molar-refractivity contribution in [2.45, 2.75) is 193 Å². The minimum Gasteiger partial charge on any atom is -1.00 e. The average molecular weight is 746 g/mol. The molecule has 0 saturated heterocycles. The summed E-state index contributed by atoms with van der Waals surface area (Å²) in [5.74, 6) is 0.781. The van der Waals surface area contributed by atoms with Crippen LogP contribution >= 0.6 is 0 Å². The van der Waals surface area contributed by atoms with Crippen LogP contribution in [0.15, 0.2) is 0 Å². The van der Waals surface area contributed by atoms with E-state index < -0.39 is 0 Å². The van der Waals surface area contributed by atoms with Gasteiger partial charge in [-0.1, -0.05) is 142 Å². The molecule has 8 nitrogen and oxygen atoms in total. The zero-order valence-electron chi connectivity index (χ0n) is 31.5. The van der Waals surface area contributed by atoms with Crippen LogP contribution in [0, 0.1) is 0 Å². The molecular weight excluding hydrogens is 667 g/mol. The standard InChI is InChI=1S/C37H76N6O2.3ClH/c1-4-6-8-10-12-14-16-17-19-21-23-25-32-43(31-24-22-20-18-15-13-11-9-7-5-2)37(45)35(40)28-30-42-36(44)34(39)27-26-29-41-33(3)38;;;/h34-35H,4-32,39-40H2,1-3H3,(H2,38,41)(H,42,44);3*1H. The number of rotatable bonds is 33. The van der Waals surface area contributed by atoms with Gasteiger partial charge in [-0.2, -0.15) is 0 Å². The molecule has 2 unspecified atom stereocenters. The molecule has 0 aliphatic carbocycles. The zero-order chi connectivity index (χ0) is 33.4. The van der Waals surface area contributed by atoms with E-state index >= 15 is 0 Å². The van der Waals surface area contributed by atoms with E-state index in [1.54, 1.807) is 0 Å². The molecule has 0 radical (unpaired) electrons. The monoisotopic (exact) mass is 745 g/mol. The molecule has 0 heterocycles. The Hall–Kier alpha value is -0.800. The number of nitrogens with zero attached hydrogens (tertiary/aromatic N) is 1. The summed E-state index contributed by atoms with van der Waals surface area (Å²) >= 11 is 0. The highest BCUT2D eigenvalue weighted by molar-refractivity contribution is 5.81. The Morgan fingerprint density at radius 1 is 0.604 bits per heavy atom. The molecule has 0 spiro atoms. The number of unbranched alkanes of at least 4 members (excludes halogenated alkanes) is 20. The summed E-state index contributed by atoms with van der Waals surface area (Å²) in [6, 6.07) is -0.635. The van der Waals surface area contributed by atoms with Crippen molar-refractivity contribution in [3.8, 4) is 0 Å². The van der Waals surface area contributed by atoms with E-state index in [4.69, 9.17) is 5.73 Å². The predicted molar refractivity (Wildman–Crippen MR) is 190 cm³/mol. The van der Waals surface area contributed by atoms with Crippen molar-refractivity contribution in [1.29, 1.82) is 0 Å². The van der Waals surface area contributed by atoms with Crippen molar-refractivity contribution in [3.63, 3.8) is 0 Å². The van der Waals surface area contributed by atoms with Gasteiger partial charge >= 0.3 is 0 Å². The molecule has 290 valence electrons. The van der Waals surface area contributed by atoms with E-state index in [1.165, 1.54) is 128 Å². The number of halogens is 3. The minimum atomic E-state index is -0.332. The zero-order valence-corrected chi connectivity index (χ0v) is 33.8. The molecular formula is C37H79Cl3N6O2. The second-order valence-corrected chi connectivity index (χ2v) is 13.6. The van der Waals surface area contributed by atoms with Crippen molar-refractivity contribution in [2.24, 2.45) is 5.73 Å². The third-order valence-electron chi connectivity index (χ3n) is 9.02. The smallest absolute Gasteiger partial charge is 0.280 e. The number of carbonyl (C=O) groups is 2. The van der Waals surface area contributed by atoms with E-state index in [1.807, 2.05) is 6.92 Å². The maximum Gasteiger partial charge on any atom is 0.280 e. The highest BCUT2D eigenvalue weighted by Gasteiger charge is 2.24. The number of amidine groups is 1. The molecule has 2 atom stereocenters. The number of carbonyl (C=O) groups excluding carboxylic acids is 2. The van der Waals surface area contributed by atoms with Crippen LogP contribution in [0.2, 0.25) is 0 Å². The van der Waals surface area contributed by atoms with Crippen molar-refractivity contribution in [2.75, 3.05) is 26.2 Å². The lowest BCUT2D eigenvalue weighted by Gasteiger charge is -2.24. The van der Waals surface area contributed by atoms with Crippen molar-refractivity contribution >= 4 is 17.6 Å². The SMILES string of the molecule is CCCCCCCCCCCCCCN(CCCCCCCCCCCC)C(=O)C([NH3+])CCNC(=O)C([NH3+])CCC[NH+]=C(C)N.[Cl-].[Cl-].[Cl-]. The number of hydrogen-bond donors (Lipinski definition) is 5. The van der Waals surface area contributed by atoms with Gasteiger partial charge in [0.25, 0.3) is 11.8 Å². The van der Waals surface area contributed by atoms with Gasteiger partial charge in [0.1, 0.15) is 0 Å². The topological polar surface area (TPSA) is 145 Å². The Morgan fingerprint density at radius 3 is 1.35 bits per heavy atom. The number of quaternary nitrogens is 2. The molecule has 2 amide bonds. The second kappa shape index (κ2) is 40.6. The Balaban J connectivity index is -0.00000323. The normalized spacial score (nSPS) is 12.3. The molecule has 10 N–H and O–H groups in total. The molecule has 0 rings (SSSR count). The maximum atomic E-state index is 13.4. The first-order valence-corrected chi connectivity index (χ1v) is 19.4. The van der Waals surface area contributed by atoms with Gasteiger partial charge in [0.15, 0.2) is 12.1 Å². The molecule has 11 heteroatoms. The highest BCUT2D eigenvalue weighted by atomic mass is 35.5. The molecule has 0 aliphatic rings. The molecule has 0 bridgehead atoms. The van der Waals surface area contributed by atoms with Gasteiger partial charge in [0.05, 0.1) is 6.54 Å². The Kier molecular flexibility index (Phi) is 45.7. The van der Waals surface area contributed by atoms with E-state index in [-0.39, 0.29) is 61.1 Å². The highest BCUT2D eigenvalue weighted by Crippen LogP contribution is 2.14. The summed E-state index contributed by atoms with van der Waals surface area (Å²) in [4.78, 5) is 31.1. The first kappa shape index (κ1) is 54.0. The summed E-state index contributed by atoms with van der Waals surface area (Å²) in [6.45, 7) is 9.24. The van der Waals surface area contributed by atoms with Gasteiger partial charge in [0.2, 0.25) is 5.84 Å². The first-order chi connectivity index (χ1) is 21.8. The summed E-state index contributed by atoms with van der Waals surface area (Å²) in [5, 5.41) is 2.98. The fraction of sp³-hybridized carbons (Fsp3) is 0.919. The van der Waals surface area contributed by atoms with Crippen LogP contribution in [0.25, 0.3) is 0 Å². The van der Waals surface area contributed by atoms with Crippen molar-refractivity contribution in [3.05, 3.63) is 0 Å². The van der Waals surface area contributed by atoms with Crippen LogP contribution in [0.3, 0.4) is 0 Å². The van der Waals surface area contributed by atoms with E-state index in [2.05, 4.69) is 40.5 Å². The lowest BCUT2D eigenvalue weighted by molar-refractivity contribution is -0.463. The average Bonchev–Trinajstić information content (AvgIpc) is 3.02. The number of amides is 2. The lowest BCUT2D eigenvalue weighted by atomic mass is 10.0. The lowest BCUT2D eigenvalue weighted by Crippen LogP contribution is -3.00. The quantitative estimate of drug-likeness (QED) is 0.0262. The minimum absolute atomic E-state index is 0. The third kappa shape index (κ3) is 35.0. The summed E-state index contributed by atoms with van der Waals surface area (Å²) in [6.07, 6.45) is 30.9. The van der Waals surface area contributed by atoms with Crippen LogP contribution in [0.5, 0.6) is 0 Å². The largest absolute Gasteiger partial charge is 1.00 e. The van der Waals surface area contributed by atoms with Crippen molar-refractivity contribution in [1.82, 2.24) is 10.2 Å². The summed E-state index contributed by atoms with van der Waals surface area (Å²) in [5.41, 5.74) is 13.8. The fourth-order valence-corrected chi connectivity index (χ4v) is 5.93. The van der Waals surface area contributed by atoms with Crippen molar-refractivity contribution < 1.29 is 63.3 Å². The van der Waals surface area contributed by atoms with Gasteiger partial charge in [0, 0.05) is 39.4 Å². The van der Waals surface area contributed by atoms with Crippen LogP contribution in [0.4, 0.5) is 0 Å². The molecule has 0 aromatic heterocycles. The summed E-state index contributed by atoms with van der Waals surface area (Å²) < 4.78 is 0. The molecule has 0 saturated carbocycles. The Labute approximate surface area is 315 Å². The van der Waals surface area contributed by atoms with E-state index in [0.717, 1.165) is 38.9 Å². The molecule has 0 aromatic rings. The first-order valence-electron chi connectivity index (χ1n) is 19.4. The third-order valence-corrected chi connectivity index (χ3v) is 9.02. The van der Waals surface area contributed by atoms with Gasteiger partial charge in [-0.15, -0.1) is 0 Å². The predicted octanol–water partition coefficient (Wildman–Crippen LogP) is -4.59. The van der Waals surface area contributed by atoms with Gasteiger partial charge in [-0.05, 0) is 19.3 Å². The number of nitrogens with two attached hydrogens (primary N) is 1. The second-order valence-electron chi connectivity index (χ2n) is 13.6. The van der Waals surface area contributed by atoms with Gasteiger partial charge in [-0.3, -0.25) is 20.3 Å². The van der Waals surface area contributed by atoms with Crippen LogP contribution in [0.1, 0.15) is 181 Å². The maximum absolute atomic E-state index is 13.4. The van der Waals surface area contributed by atoms with Crippen LogP contribution in [-0.4, -0.2) is 60.8 Å². The number of hydrogen-bond acceptors (Lipinski definition) is 2. The van der Waals surface area contributed by atoms with E-state index in [9.17, 15) is 9.59 Å². The molecule has 0 aliphatic heterocycles. The Morgan fingerprint density at radius 2 is 0.979 bits per heavy atom. The molecule has 0 fully saturated rings. The number of nitrogens with one attached hydrogen (secondary N) is 2. The molecule has 0 aromatic carbocycles. The molecule has 48 heavy (non-hydrogen) atoms. The van der Waals surface area contributed by atoms with Gasteiger partial charge in [-0.25, -0.2) is 0 Å². The van der Waals surface area contributed by atoms with Crippen LogP contribution in [-0.2, 0) is 9.59 Å². The summed E-state index contributed by atoms with van der Waals surface area (Å²) in [7, 11) is 0. The van der Waals surface area contributed by atoms with Gasteiger partial charge < -0.3 is 58.9 Å².